The third-order valence-electron chi connectivity index (χ3n) is 1.63. The molecule has 0 heterocycles. The van der Waals surface area contributed by atoms with Crippen molar-refractivity contribution in [1.29, 1.82) is 5.26 Å². The molecule has 5 heteroatoms. The summed E-state index contributed by atoms with van der Waals surface area (Å²) in [6, 6.07) is 5.71. The highest BCUT2D eigenvalue weighted by molar-refractivity contribution is 7.85. The molecule has 0 amide bonds. The van der Waals surface area contributed by atoms with E-state index in [-0.39, 0.29) is 10.5 Å². The molecule has 0 bridgehead atoms. The van der Waals surface area contributed by atoms with Crippen LogP contribution in [0.5, 0.6) is 0 Å². The van der Waals surface area contributed by atoms with E-state index in [2.05, 4.69) is 0 Å². The number of benzene rings is 1. The first kappa shape index (κ1) is 9.71. The quantitative estimate of drug-likeness (QED) is 0.684. The van der Waals surface area contributed by atoms with Gasteiger partial charge in [0.2, 0.25) is 0 Å². The summed E-state index contributed by atoms with van der Waals surface area (Å²) in [6.45, 7) is 1.69. The van der Waals surface area contributed by atoms with Crippen LogP contribution in [0.1, 0.15) is 11.1 Å². The molecular weight excluding hydrogens is 190 g/mol. The lowest BCUT2D eigenvalue weighted by Gasteiger charge is -1.99. The number of rotatable bonds is 1. The Hall–Kier alpha value is -1.38. The van der Waals surface area contributed by atoms with Crippen molar-refractivity contribution >= 4 is 10.1 Å². The highest BCUT2D eigenvalue weighted by atomic mass is 32.2. The second-order valence-electron chi connectivity index (χ2n) is 2.56. The number of nitrogens with zero attached hydrogens (tertiary/aromatic N) is 1. The molecule has 1 aromatic carbocycles. The molecule has 0 radical (unpaired) electrons. The minimum atomic E-state index is -4.20. The molecule has 13 heavy (non-hydrogen) atoms. The standard InChI is InChI=1S/C8H7NO3S/c1-6-2-3-8(13(10,11)12)4-7(6)5-9/h2-4H,1H3,(H,10,11,12). The number of nitriles is 1. The van der Waals surface area contributed by atoms with Gasteiger partial charge >= 0.3 is 0 Å². The van der Waals surface area contributed by atoms with Crippen LogP contribution in [0.4, 0.5) is 0 Å². The van der Waals surface area contributed by atoms with Gasteiger partial charge in [-0.25, -0.2) is 0 Å². The van der Waals surface area contributed by atoms with E-state index in [4.69, 9.17) is 9.81 Å². The molecule has 0 spiro atoms. The second-order valence-corrected chi connectivity index (χ2v) is 3.99. The van der Waals surface area contributed by atoms with Gasteiger partial charge in [-0.05, 0) is 24.6 Å². The van der Waals surface area contributed by atoms with Crippen molar-refractivity contribution in [2.45, 2.75) is 11.8 Å². The molecule has 0 aliphatic rings. The lowest BCUT2D eigenvalue weighted by atomic mass is 10.1. The molecule has 0 aliphatic carbocycles. The smallest absolute Gasteiger partial charge is 0.282 e. The first-order valence-electron chi connectivity index (χ1n) is 3.43. The third kappa shape index (κ3) is 2.05. The summed E-state index contributed by atoms with van der Waals surface area (Å²) >= 11 is 0. The van der Waals surface area contributed by atoms with E-state index in [0.717, 1.165) is 6.07 Å². The van der Waals surface area contributed by atoms with E-state index in [9.17, 15) is 8.42 Å². The molecule has 4 nitrogen and oxygen atoms in total. The summed E-state index contributed by atoms with van der Waals surface area (Å²) < 4.78 is 30.0. The van der Waals surface area contributed by atoms with Gasteiger partial charge in [-0.1, -0.05) is 6.07 Å². The van der Waals surface area contributed by atoms with Gasteiger partial charge in [0.05, 0.1) is 16.5 Å². The first-order valence-corrected chi connectivity index (χ1v) is 4.87. The SMILES string of the molecule is Cc1ccc(S(=O)(=O)O)cc1C#N. The van der Waals surface area contributed by atoms with Crippen molar-refractivity contribution in [2.24, 2.45) is 0 Å². The lowest BCUT2D eigenvalue weighted by Crippen LogP contribution is -1.98. The zero-order valence-corrected chi connectivity index (χ0v) is 7.67. The molecule has 1 rings (SSSR count). The summed E-state index contributed by atoms with van der Waals surface area (Å²) in [4.78, 5) is -0.255. The van der Waals surface area contributed by atoms with Crippen molar-refractivity contribution in [1.82, 2.24) is 0 Å². The van der Waals surface area contributed by atoms with Gasteiger partial charge in [0.1, 0.15) is 0 Å². The van der Waals surface area contributed by atoms with Crippen LogP contribution in [0.3, 0.4) is 0 Å². The number of hydrogen-bond donors (Lipinski definition) is 1. The van der Waals surface area contributed by atoms with Crippen LogP contribution in [0.25, 0.3) is 0 Å². The predicted molar refractivity (Wildman–Crippen MR) is 45.7 cm³/mol. The van der Waals surface area contributed by atoms with E-state index in [0.29, 0.717) is 5.56 Å². The second kappa shape index (κ2) is 3.17. The predicted octanol–water partition coefficient (Wildman–Crippen LogP) is 1.11. The van der Waals surface area contributed by atoms with Crippen LogP contribution in [0, 0.1) is 18.3 Å². The maximum Gasteiger partial charge on any atom is 0.294 e. The van der Waals surface area contributed by atoms with Gasteiger partial charge < -0.3 is 0 Å². The molecule has 0 unspecified atom stereocenters. The van der Waals surface area contributed by atoms with Crippen LogP contribution < -0.4 is 0 Å². The Morgan fingerprint density at radius 3 is 2.54 bits per heavy atom. The monoisotopic (exact) mass is 197 g/mol. The molecule has 0 saturated heterocycles. The molecule has 0 atom stereocenters. The molecule has 0 fully saturated rings. The largest absolute Gasteiger partial charge is 0.294 e. The van der Waals surface area contributed by atoms with Crippen molar-refractivity contribution in [3.05, 3.63) is 29.3 Å². The fraction of sp³-hybridized carbons (Fsp3) is 0.125. The minimum Gasteiger partial charge on any atom is -0.282 e. The normalized spacial score (nSPS) is 10.8. The third-order valence-corrected chi connectivity index (χ3v) is 2.48. The van der Waals surface area contributed by atoms with Gasteiger partial charge in [-0.3, -0.25) is 4.55 Å². The molecule has 1 aromatic rings. The molecule has 0 saturated carbocycles. The van der Waals surface area contributed by atoms with Gasteiger partial charge in [-0.2, -0.15) is 13.7 Å². The zero-order chi connectivity index (χ0) is 10.1. The molecule has 0 aromatic heterocycles. The first-order chi connectivity index (χ1) is 5.95. The van der Waals surface area contributed by atoms with E-state index < -0.39 is 10.1 Å². The topological polar surface area (TPSA) is 78.2 Å². The molecule has 1 N–H and O–H groups in total. The molecule has 68 valence electrons. The van der Waals surface area contributed by atoms with Gasteiger partial charge in [0.25, 0.3) is 10.1 Å². The summed E-state index contributed by atoms with van der Waals surface area (Å²) in [5.41, 5.74) is 0.921. The van der Waals surface area contributed by atoms with E-state index in [1.54, 1.807) is 6.92 Å². The molecule has 0 aliphatic heterocycles. The van der Waals surface area contributed by atoms with Crippen LogP contribution in [-0.2, 0) is 10.1 Å². The Balaban J connectivity index is 3.41. The van der Waals surface area contributed by atoms with Gasteiger partial charge in [-0.15, -0.1) is 0 Å². The van der Waals surface area contributed by atoms with E-state index in [1.165, 1.54) is 12.1 Å². The van der Waals surface area contributed by atoms with E-state index >= 15 is 0 Å². The summed E-state index contributed by atoms with van der Waals surface area (Å²) in [7, 11) is -4.20. The summed E-state index contributed by atoms with van der Waals surface area (Å²) in [5, 5.41) is 8.58. The van der Waals surface area contributed by atoms with Crippen molar-refractivity contribution in [2.75, 3.05) is 0 Å². The average Bonchev–Trinajstić information content (AvgIpc) is 2.03. The van der Waals surface area contributed by atoms with Crippen LogP contribution in [0.15, 0.2) is 23.1 Å². The Kier molecular flexibility index (Phi) is 2.36. The van der Waals surface area contributed by atoms with Gasteiger partial charge in [0, 0.05) is 0 Å². The maximum atomic E-state index is 10.7. The highest BCUT2D eigenvalue weighted by Crippen LogP contribution is 2.14. The van der Waals surface area contributed by atoms with Crippen LogP contribution in [-0.4, -0.2) is 13.0 Å². The summed E-state index contributed by atoms with van der Waals surface area (Å²) in [6.07, 6.45) is 0. The lowest BCUT2D eigenvalue weighted by molar-refractivity contribution is 0.483. The Morgan fingerprint density at radius 1 is 1.46 bits per heavy atom. The Bertz CT molecular complexity index is 471. The highest BCUT2D eigenvalue weighted by Gasteiger charge is 2.10. The van der Waals surface area contributed by atoms with Crippen molar-refractivity contribution in [3.8, 4) is 6.07 Å². The van der Waals surface area contributed by atoms with Crippen LogP contribution >= 0.6 is 0 Å². The van der Waals surface area contributed by atoms with Gasteiger partial charge in [0.15, 0.2) is 0 Å². The fourth-order valence-corrected chi connectivity index (χ4v) is 1.39. The number of hydrogen-bond acceptors (Lipinski definition) is 3. The average molecular weight is 197 g/mol. The summed E-state index contributed by atoms with van der Waals surface area (Å²) in [5.74, 6) is 0. The fourth-order valence-electron chi connectivity index (χ4n) is 0.882. The van der Waals surface area contributed by atoms with Crippen molar-refractivity contribution < 1.29 is 13.0 Å². The minimum absolute atomic E-state index is 0.245. The van der Waals surface area contributed by atoms with Crippen LogP contribution in [0.2, 0.25) is 0 Å². The molecular formula is C8H7NO3S. The Morgan fingerprint density at radius 2 is 2.08 bits per heavy atom. The van der Waals surface area contributed by atoms with E-state index in [1.807, 2.05) is 6.07 Å². The Labute approximate surface area is 76.2 Å². The number of aryl methyl sites for hydroxylation is 1. The maximum absolute atomic E-state index is 10.7. The van der Waals surface area contributed by atoms with Crippen molar-refractivity contribution in [3.63, 3.8) is 0 Å². The zero-order valence-electron chi connectivity index (χ0n) is 6.85.